The molecule has 94 valence electrons. The Bertz CT molecular complexity index is 526. The van der Waals surface area contributed by atoms with Crippen molar-refractivity contribution in [2.24, 2.45) is 0 Å². The lowest BCUT2D eigenvalue weighted by molar-refractivity contribution is 0.565. The zero-order chi connectivity index (χ0) is 13.1. The van der Waals surface area contributed by atoms with E-state index in [2.05, 4.69) is 4.98 Å². The van der Waals surface area contributed by atoms with Gasteiger partial charge in [-0.15, -0.1) is 11.8 Å². The molecule has 1 aromatic carbocycles. The van der Waals surface area contributed by atoms with Gasteiger partial charge < -0.3 is 0 Å². The molecule has 1 nitrogen and oxygen atoms in total. The summed E-state index contributed by atoms with van der Waals surface area (Å²) in [5, 5.41) is 0.597. The summed E-state index contributed by atoms with van der Waals surface area (Å²) in [7, 11) is 0. The van der Waals surface area contributed by atoms with Crippen molar-refractivity contribution in [2.75, 3.05) is 0 Å². The van der Waals surface area contributed by atoms with Crippen molar-refractivity contribution in [3.8, 4) is 0 Å². The van der Waals surface area contributed by atoms with Crippen LogP contribution in [0, 0.1) is 11.6 Å². The molecule has 1 aromatic heterocycles. The van der Waals surface area contributed by atoms with Crippen LogP contribution in [0.3, 0.4) is 0 Å². The van der Waals surface area contributed by atoms with Gasteiger partial charge in [0.05, 0.1) is 0 Å². The van der Waals surface area contributed by atoms with E-state index in [-0.39, 0.29) is 5.15 Å². The van der Waals surface area contributed by atoms with Crippen molar-refractivity contribution in [2.45, 2.75) is 10.6 Å². The number of pyridine rings is 1. The third-order valence-electron chi connectivity index (χ3n) is 2.17. The number of benzene rings is 1. The number of halogens is 4. The Kier molecular flexibility index (Phi) is 4.43. The molecule has 0 aliphatic heterocycles. The fourth-order valence-electron chi connectivity index (χ4n) is 1.30. The molecule has 0 unspecified atom stereocenters. The molecule has 0 N–H and O–H groups in total. The Hall–Kier alpha value is -0.840. The van der Waals surface area contributed by atoms with Gasteiger partial charge in [-0.25, -0.2) is 13.8 Å². The Morgan fingerprint density at radius 3 is 2.56 bits per heavy atom. The van der Waals surface area contributed by atoms with Crippen LogP contribution in [0.15, 0.2) is 35.2 Å². The lowest BCUT2D eigenvalue weighted by atomic mass is 10.3. The number of thioether (sulfide) groups is 1. The van der Waals surface area contributed by atoms with Gasteiger partial charge in [0.1, 0.15) is 21.9 Å². The first-order chi connectivity index (χ1) is 8.56. The fraction of sp³-hybridized carbons (Fsp3) is 0.0833. The van der Waals surface area contributed by atoms with Crippen molar-refractivity contribution in [1.82, 2.24) is 4.98 Å². The fourth-order valence-corrected chi connectivity index (χ4v) is 2.69. The molecule has 0 amide bonds. The summed E-state index contributed by atoms with van der Waals surface area (Å²) < 4.78 is 26.1. The normalized spacial score (nSPS) is 10.7. The Morgan fingerprint density at radius 1 is 1.11 bits per heavy atom. The highest BCUT2D eigenvalue weighted by Gasteiger charge is 2.07. The van der Waals surface area contributed by atoms with Crippen LogP contribution >= 0.6 is 35.0 Å². The van der Waals surface area contributed by atoms with Gasteiger partial charge in [0, 0.05) is 16.7 Å². The zero-order valence-electron chi connectivity index (χ0n) is 8.96. The first-order valence-corrected chi connectivity index (χ1v) is 6.69. The summed E-state index contributed by atoms with van der Waals surface area (Å²) in [4.78, 5) is 4.25. The number of hydrogen-bond donors (Lipinski definition) is 0. The van der Waals surface area contributed by atoms with E-state index in [4.69, 9.17) is 23.2 Å². The van der Waals surface area contributed by atoms with Crippen LogP contribution in [0.5, 0.6) is 0 Å². The molecule has 0 bridgehead atoms. The largest absolute Gasteiger partial charge is 0.224 e. The molecule has 0 saturated carbocycles. The average Bonchev–Trinajstić information content (AvgIpc) is 2.30. The smallest absolute Gasteiger partial charge is 0.139 e. The molecule has 2 rings (SSSR count). The van der Waals surface area contributed by atoms with E-state index in [0.717, 1.165) is 11.6 Å². The highest BCUT2D eigenvalue weighted by Crippen LogP contribution is 2.28. The van der Waals surface area contributed by atoms with Crippen molar-refractivity contribution in [3.63, 3.8) is 0 Å². The van der Waals surface area contributed by atoms with Gasteiger partial charge in [-0.3, -0.25) is 0 Å². The van der Waals surface area contributed by atoms with Gasteiger partial charge in [0.15, 0.2) is 0 Å². The van der Waals surface area contributed by atoms with Gasteiger partial charge in [-0.05, 0) is 23.8 Å². The van der Waals surface area contributed by atoms with Crippen LogP contribution < -0.4 is 0 Å². The third-order valence-corrected chi connectivity index (χ3v) is 3.80. The van der Waals surface area contributed by atoms with Gasteiger partial charge in [-0.1, -0.05) is 29.3 Å². The van der Waals surface area contributed by atoms with Crippen LogP contribution in [0.1, 0.15) is 5.56 Å². The second-order valence-electron chi connectivity index (χ2n) is 3.45. The van der Waals surface area contributed by atoms with Crippen LogP contribution in [0.25, 0.3) is 0 Å². The summed E-state index contributed by atoms with van der Waals surface area (Å²) in [6.45, 7) is 0. The molecule has 0 spiro atoms. The molecular formula is C12H7Cl2F2NS. The van der Waals surface area contributed by atoms with E-state index in [0.29, 0.717) is 15.8 Å². The molecule has 0 radical (unpaired) electrons. The number of aromatic nitrogens is 1. The van der Waals surface area contributed by atoms with Crippen molar-refractivity contribution < 1.29 is 8.78 Å². The lowest BCUT2D eigenvalue weighted by Crippen LogP contribution is -1.89. The van der Waals surface area contributed by atoms with E-state index in [1.807, 2.05) is 0 Å². The highest BCUT2D eigenvalue weighted by molar-refractivity contribution is 7.98. The molecule has 0 aliphatic rings. The molecule has 0 fully saturated rings. The maximum Gasteiger partial charge on any atom is 0.139 e. The predicted molar refractivity (Wildman–Crippen MR) is 70.2 cm³/mol. The standard InChI is InChI=1S/C12H7Cl2F2NS/c13-11-4-1-7(12(14)17-11)6-18-10-3-2-8(15)5-9(10)16/h1-5H,6H2. The summed E-state index contributed by atoms with van der Waals surface area (Å²) in [6, 6.07) is 6.81. The second-order valence-corrected chi connectivity index (χ2v) is 5.21. The molecule has 0 atom stereocenters. The molecule has 0 saturated heterocycles. The van der Waals surface area contributed by atoms with E-state index in [1.54, 1.807) is 12.1 Å². The van der Waals surface area contributed by atoms with Gasteiger partial charge >= 0.3 is 0 Å². The second kappa shape index (κ2) is 5.87. The number of hydrogen-bond acceptors (Lipinski definition) is 2. The SMILES string of the molecule is Fc1ccc(SCc2ccc(Cl)nc2Cl)c(F)c1. The van der Waals surface area contributed by atoms with Gasteiger partial charge in [0.2, 0.25) is 0 Å². The van der Waals surface area contributed by atoms with Crippen molar-refractivity contribution in [3.05, 3.63) is 57.8 Å². The van der Waals surface area contributed by atoms with Gasteiger partial charge in [-0.2, -0.15) is 0 Å². The monoisotopic (exact) mass is 305 g/mol. The third kappa shape index (κ3) is 3.34. The van der Waals surface area contributed by atoms with Crippen LogP contribution in [-0.2, 0) is 5.75 Å². The molecule has 6 heteroatoms. The topological polar surface area (TPSA) is 12.9 Å². The summed E-state index contributed by atoms with van der Waals surface area (Å²) in [5.74, 6) is -0.743. The van der Waals surface area contributed by atoms with E-state index >= 15 is 0 Å². The van der Waals surface area contributed by atoms with Gasteiger partial charge in [0.25, 0.3) is 0 Å². The van der Waals surface area contributed by atoms with E-state index in [9.17, 15) is 8.78 Å². The zero-order valence-corrected chi connectivity index (χ0v) is 11.3. The lowest BCUT2D eigenvalue weighted by Gasteiger charge is -2.05. The Labute approximate surface area is 117 Å². The maximum atomic E-state index is 13.4. The first kappa shape index (κ1) is 13.6. The predicted octanol–water partition coefficient (Wildman–Crippen LogP) is 4.96. The van der Waals surface area contributed by atoms with Crippen molar-refractivity contribution >= 4 is 35.0 Å². The average molecular weight is 306 g/mol. The van der Waals surface area contributed by atoms with Crippen LogP contribution in [-0.4, -0.2) is 4.98 Å². The minimum atomic E-state index is -0.594. The highest BCUT2D eigenvalue weighted by atomic mass is 35.5. The molecular weight excluding hydrogens is 299 g/mol. The van der Waals surface area contributed by atoms with E-state index < -0.39 is 11.6 Å². The Balaban J connectivity index is 2.11. The minimum absolute atomic E-state index is 0.289. The summed E-state index contributed by atoms with van der Waals surface area (Å²) in [5.41, 5.74) is 0.745. The van der Waals surface area contributed by atoms with Crippen molar-refractivity contribution in [1.29, 1.82) is 0 Å². The first-order valence-electron chi connectivity index (χ1n) is 4.95. The summed E-state index contributed by atoms with van der Waals surface area (Å²) >= 11 is 12.8. The van der Waals surface area contributed by atoms with E-state index in [1.165, 1.54) is 23.9 Å². The maximum absolute atomic E-state index is 13.4. The minimum Gasteiger partial charge on any atom is -0.224 e. The quantitative estimate of drug-likeness (QED) is 0.587. The molecule has 1 heterocycles. The number of rotatable bonds is 3. The number of nitrogens with zero attached hydrogens (tertiary/aromatic N) is 1. The Morgan fingerprint density at radius 2 is 1.89 bits per heavy atom. The molecule has 0 aliphatic carbocycles. The molecule has 18 heavy (non-hydrogen) atoms. The molecule has 2 aromatic rings. The van der Waals surface area contributed by atoms with Crippen LogP contribution in [0.2, 0.25) is 10.3 Å². The summed E-state index contributed by atoms with van der Waals surface area (Å²) in [6.07, 6.45) is 0. The van der Waals surface area contributed by atoms with Crippen LogP contribution in [0.4, 0.5) is 8.78 Å².